The smallest absolute Gasteiger partial charge is 0.410 e. The highest BCUT2D eigenvalue weighted by atomic mass is 19.4. The first-order chi connectivity index (χ1) is 9.07. The van der Waals surface area contributed by atoms with Crippen LogP contribution in [0.3, 0.4) is 0 Å². The molecule has 1 fully saturated rings. The monoisotopic (exact) mass is 296 g/mol. The normalized spacial score (nSPS) is 20.9. The molecule has 0 aromatic carbocycles. The van der Waals surface area contributed by atoms with Crippen molar-refractivity contribution in [3.05, 3.63) is 0 Å². The van der Waals surface area contributed by atoms with Gasteiger partial charge in [0, 0.05) is 25.7 Å². The molecule has 118 valence electrons. The molecule has 1 amide bonds. The molecule has 0 spiro atoms. The number of rotatable bonds is 3. The Morgan fingerprint density at radius 3 is 2.55 bits per heavy atom. The minimum absolute atomic E-state index is 0.0985. The largest absolute Gasteiger partial charge is 0.444 e. The van der Waals surface area contributed by atoms with Crippen molar-refractivity contribution < 1.29 is 22.7 Å². The van der Waals surface area contributed by atoms with Crippen LogP contribution in [0.5, 0.6) is 0 Å². The number of alkyl halides is 3. The molecule has 1 N–H and O–H groups in total. The average molecular weight is 296 g/mol. The van der Waals surface area contributed by atoms with E-state index in [4.69, 9.17) is 4.74 Å². The maximum Gasteiger partial charge on any atom is 0.410 e. The van der Waals surface area contributed by atoms with Gasteiger partial charge in [0.25, 0.3) is 0 Å². The number of carbonyl (C=O) groups is 1. The molecule has 7 heteroatoms. The molecule has 0 saturated carbocycles. The van der Waals surface area contributed by atoms with Gasteiger partial charge in [0.1, 0.15) is 5.60 Å². The molecule has 0 aromatic rings. The van der Waals surface area contributed by atoms with Crippen LogP contribution in [-0.4, -0.2) is 48.4 Å². The summed E-state index contributed by atoms with van der Waals surface area (Å²) in [6.07, 6.45) is -3.86. The first-order valence-electron chi connectivity index (χ1n) is 6.85. The van der Waals surface area contributed by atoms with Crippen LogP contribution < -0.4 is 5.32 Å². The van der Waals surface area contributed by atoms with E-state index in [1.165, 1.54) is 0 Å². The summed E-state index contributed by atoms with van der Waals surface area (Å²) in [5, 5.41) is 2.86. The third kappa shape index (κ3) is 6.98. The summed E-state index contributed by atoms with van der Waals surface area (Å²) in [6, 6.07) is -0.0985. The third-order valence-electron chi connectivity index (χ3n) is 2.91. The maximum absolute atomic E-state index is 12.1. The van der Waals surface area contributed by atoms with Gasteiger partial charge in [-0.1, -0.05) is 0 Å². The van der Waals surface area contributed by atoms with Crippen LogP contribution in [0.2, 0.25) is 0 Å². The summed E-state index contributed by atoms with van der Waals surface area (Å²) < 4.78 is 41.5. The Kier molecular flexibility index (Phi) is 5.68. The molecule has 4 nitrogen and oxygen atoms in total. The minimum Gasteiger partial charge on any atom is -0.444 e. The molecule has 1 aliphatic rings. The van der Waals surface area contributed by atoms with E-state index in [2.05, 4.69) is 5.32 Å². The predicted octanol–water partition coefficient (Wildman–Crippen LogP) is 2.93. The van der Waals surface area contributed by atoms with E-state index in [9.17, 15) is 18.0 Å². The molecule has 0 radical (unpaired) electrons. The molecular formula is C13H23F3N2O2. The van der Waals surface area contributed by atoms with Gasteiger partial charge in [-0.05, 0) is 33.6 Å². The Hall–Kier alpha value is -0.980. The van der Waals surface area contributed by atoms with Crippen LogP contribution >= 0.6 is 0 Å². The highest BCUT2D eigenvalue weighted by Gasteiger charge is 2.29. The van der Waals surface area contributed by atoms with Crippen molar-refractivity contribution in [1.29, 1.82) is 0 Å². The Morgan fingerprint density at radius 1 is 1.35 bits per heavy atom. The first-order valence-corrected chi connectivity index (χ1v) is 6.85. The molecule has 0 aromatic heterocycles. The van der Waals surface area contributed by atoms with Gasteiger partial charge in [-0.25, -0.2) is 4.79 Å². The first kappa shape index (κ1) is 17.1. The van der Waals surface area contributed by atoms with Crippen LogP contribution in [0.25, 0.3) is 0 Å². The van der Waals surface area contributed by atoms with Crippen LogP contribution in [0, 0.1) is 0 Å². The number of amides is 1. The molecule has 1 aliphatic heterocycles. The molecular weight excluding hydrogens is 273 g/mol. The summed E-state index contributed by atoms with van der Waals surface area (Å²) in [5.74, 6) is 0. The number of hydrogen-bond acceptors (Lipinski definition) is 3. The molecule has 1 rings (SSSR count). The fourth-order valence-electron chi connectivity index (χ4n) is 2.05. The fourth-order valence-corrected chi connectivity index (χ4v) is 2.05. The van der Waals surface area contributed by atoms with E-state index < -0.39 is 24.3 Å². The molecule has 1 atom stereocenters. The van der Waals surface area contributed by atoms with E-state index in [0.717, 1.165) is 12.8 Å². The Morgan fingerprint density at radius 2 is 2.00 bits per heavy atom. The number of nitrogens with zero attached hydrogens (tertiary/aromatic N) is 1. The van der Waals surface area contributed by atoms with Crippen LogP contribution in [0.4, 0.5) is 18.0 Å². The lowest BCUT2D eigenvalue weighted by atomic mass is 10.1. The van der Waals surface area contributed by atoms with Crippen LogP contribution in [0.1, 0.15) is 40.0 Å². The fraction of sp³-hybridized carbons (Fsp3) is 0.923. The second-order valence-corrected chi connectivity index (χ2v) is 6.08. The molecule has 1 saturated heterocycles. The second-order valence-electron chi connectivity index (χ2n) is 6.08. The number of nitrogens with one attached hydrogen (secondary N) is 1. The zero-order valence-corrected chi connectivity index (χ0v) is 12.2. The van der Waals surface area contributed by atoms with Crippen LogP contribution in [0.15, 0.2) is 0 Å². The van der Waals surface area contributed by atoms with E-state index in [0.29, 0.717) is 13.1 Å². The SMILES string of the molecule is CC(C)(C)OC(=O)N1CCCC(NCCC(F)(F)F)C1. The van der Waals surface area contributed by atoms with Crippen molar-refractivity contribution >= 4 is 6.09 Å². The molecule has 0 bridgehead atoms. The van der Waals surface area contributed by atoms with Crippen molar-refractivity contribution in [2.75, 3.05) is 19.6 Å². The summed E-state index contributed by atoms with van der Waals surface area (Å²) in [4.78, 5) is 13.4. The third-order valence-corrected chi connectivity index (χ3v) is 2.91. The van der Waals surface area contributed by atoms with Crippen molar-refractivity contribution in [3.63, 3.8) is 0 Å². The average Bonchev–Trinajstić information content (AvgIpc) is 2.25. The van der Waals surface area contributed by atoms with Crippen LogP contribution in [-0.2, 0) is 4.74 Å². The lowest BCUT2D eigenvalue weighted by Gasteiger charge is -2.34. The van der Waals surface area contributed by atoms with Gasteiger partial charge in [0.15, 0.2) is 0 Å². The molecule has 1 heterocycles. The minimum atomic E-state index is -4.15. The number of carbonyl (C=O) groups excluding carboxylic acids is 1. The van der Waals surface area contributed by atoms with Gasteiger partial charge in [0.2, 0.25) is 0 Å². The van der Waals surface area contributed by atoms with E-state index in [1.807, 2.05) is 0 Å². The van der Waals surface area contributed by atoms with E-state index >= 15 is 0 Å². The molecule has 20 heavy (non-hydrogen) atoms. The van der Waals surface area contributed by atoms with Crippen molar-refractivity contribution in [2.45, 2.75) is 57.9 Å². The summed E-state index contributed by atoms with van der Waals surface area (Å²) in [6.45, 7) is 6.23. The summed E-state index contributed by atoms with van der Waals surface area (Å²) in [5.41, 5.74) is -0.562. The van der Waals surface area contributed by atoms with E-state index in [1.54, 1.807) is 25.7 Å². The quantitative estimate of drug-likeness (QED) is 0.870. The zero-order chi connectivity index (χ0) is 15.4. The molecule has 0 aliphatic carbocycles. The highest BCUT2D eigenvalue weighted by molar-refractivity contribution is 5.68. The van der Waals surface area contributed by atoms with Gasteiger partial charge in [0.05, 0.1) is 6.42 Å². The number of ether oxygens (including phenoxy) is 1. The summed E-state index contributed by atoms with van der Waals surface area (Å²) >= 11 is 0. The van der Waals surface area contributed by atoms with Crippen molar-refractivity contribution in [3.8, 4) is 0 Å². The maximum atomic E-state index is 12.1. The lowest BCUT2D eigenvalue weighted by Crippen LogP contribution is -2.49. The van der Waals surface area contributed by atoms with Crippen molar-refractivity contribution in [1.82, 2.24) is 10.2 Å². The standard InChI is InChI=1S/C13H23F3N2O2/c1-12(2,3)20-11(19)18-8-4-5-10(9-18)17-7-6-13(14,15)16/h10,17H,4-9H2,1-3H3. The second kappa shape index (κ2) is 6.65. The lowest BCUT2D eigenvalue weighted by molar-refractivity contribution is -0.133. The number of piperidine rings is 1. The number of halogens is 3. The predicted molar refractivity (Wildman–Crippen MR) is 69.5 cm³/mol. The Bertz CT molecular complexity index is 327. The number of likely N-dealkylation sites (tertiary alicyclic amines) is 1. The van der Waals surface area contributed by atoms with Gasteiger partial charge in [-0.15, -0.1) is 0 Å². The highest BCUT2D eigenvalue weighted by Crippen LogP contribution is 2.19. The Balaban J connectivity index is 2.37. The topological polar surface area (TPSA) is 41.6 Å². The zero-order valence-electron chi connectivity index (χ0n) is 12.2. The van der Waals surface area contributed by atoms with Crippen molar-refractivity contribution in [2.24, 2.45) is 0 Å². The van der Waals surface area contributed by atoms with Gasteiger partial charge in [-0.3, -0.25) is 0 Å². The van der Waals surface area contributed by atoms with Gasteiger partial charge in [-0.2, -0.15) is 13.2 Å². The van der Waals surface area contributed by atoms with Gasteiger partial charge < -0.3 is 15.0 Å². The van der Waals surface area contributed by atoms with Gasteiger partial charge >= 0.3 is 12.3 Å². The molecule has 1 unspecified atom stereocenters. The summed E-state index contributed by atoms with van der Waals surface area (Å²) in [7, 11) is 0. The van der Waals surface area contributed by atoms with E-state index in [-0.39, 0.29) is 12.6 Å². The number of hydrogen-bond donors (Lipinski definition) is 1. The Labute approximate surface area is 117 Å².